The molecule has 0 spiro atoms. The van der Waals surface area contributed by atoms with E-state index in [1.54, 1.807) is 35.2 Å². The highest BCUT2D eigenvalue weighted by Crippen LogP contribution is 2.44. The predicted octanol–water partition coefficient (Wildman–Crippen LogP) is 3.75. The highest BCUT2D eigenvalue weighted by atomic mass is 32.2. The molecule has 0 bridgehead atoms. The quantitative estimate of drug-likeness (QED) is 0.828. The van der Waals surface area contributed by atoms with Crippen LogP contribution in [0.4, 0.5) is 5.69 Å². The van der Waals surface area contributed by atoms with E-state index in [0.717, 1.165) is 30.5 Å². The summed E-state index contributed by atoms with van der Waals surface area (Å²) in [6.07, 6.45) is 3.09. The van der Waals surface area contributed by atoms with Crippen molar-refractivity contribution in [1.29, 1.82) is 0 Å². The van der Waals surface area contributed by atoms with Gasteiger partial charge in [0, 0.05) is 11.7 Å². The summed E-state index contributed by atoms with van der Waals surface area (Å²) in [6.45, 7) is 2.00. The minimum Gasteiger partial charge on any atom is -0.308 e. The summed E-state index contributed by atoms with van der Waals surface area (Å²) in [5.41, 5.74) is 1.97. The Morgan fingerprint density at radius 2 is 1.62 bits per heavy atom. The molecule has 0 aromatic heterocycles. The molecule has 0 N–H and O–H groups in total. The molecular formula is C21H23NO3S. The number of benzene rings is 2. The van der Waals surface area contributed by atoms with Crippen molar-refractivity contribution in [3.05, 3.63) is 60.2 Å². The highest BCUT2D eigenvalue weighted by Gasteiger charge is 2.56. The van der Waals surface area contributed by atoms with Crippen LogP contribution in [0.2, 0.25) is 0 Å². The molecule has 4 nitrogen and oxygen atoms in total. The zero-order valence-electron chi connectivity index (χ0n) is 14.9. The van der Waals surface area contributed by atoms with E-state index in [4.69, 9.17) is 0 Å². The molecule has 1 atom stereocenters. The van der Waals surface area contributed by atoms with Crippen molar-refractivity contribution in [3.63, 3.8) is 0 Å². The number of fused-ring (bicyclic) bond motifs is 1. The molecule has 2 aromatic rings. The Balaban J connectivity index is 1.82. The number of hydrogen-bond acceptors (Lipinski definition) is 3. The van der Waals surface area contributed by atoms with E-state index in [0.29, 0.717) is 12.8 Å². The average molecular weight is 369 g/mol. The van der Waals surface area contributed by atoms with Crippen molar-refractivity contribution < 1.29 is 13.2 Å². The van der Waals surface area contributed by atoms with Crippen molar-refractivity contribution in [1.82, 2.24) is 0 Å². The van der Waals surface area contributed by atoms with Crippen LogP contribution in [0.5, 0.6) is 0 Å². The van der Waals surface area contributed by atoms with Gasteiger partial charge in [0.15, 0.2) is 14.6 Å². The third-order valence-corrected chi connectivity index (χ3v) is 8.30. The predicted molar refractivity (Wildman–Crippen MR) is 102 cm³/mol. The SMILES string of the molecule is CC1Cc2ccccc2N1C(=O)C1(S(=O)(=O)c2ccccc2)CCCC1. The first-order valence-corrected chi connectivity index (χ1v) is 10.7. The van der Waals surface area contributed by atoms with Gasteiger partial charge < -0.3 is 4.90 Å². The maximum absolute atomic E-state index is 13.7. The second-order valence-electron chi connectivity index (χ2n) is 7.37. The van der Waals surface area contributed by atoms with Gasteiger partial charge in [-0.3, -0.25) is 4.79 Å². The Hall–Kier alpha value is -2.14. The highest BCUT2D eigenvalue weighted by molar-refractivity contribution is 7.93. The Kier molecular flexibility index (Phi) is 4.14. The van der Waals surface area contributed by atoms with Gasteiger partial charge in [-0.1, -0.05) is 49.2 Å². The van der Waals surface area contributed by atoms with Crippen LogP contribution in [0.25, 0.3) is 0 Å². The van der Waals surface area contributed by atoms with E-state index >= 15 is 0 Å². The zero-order chi connectivity index (χ0) is 18.4. The fourth-order valence-corrected chi connectivity index (χ4v) is 6.58. The van der Waals surface area contributed by atoms with E-state index < -0.39 is 14.6 Å². The smallest absolute Gasteiger partial charge is 0.249 e. The molecule has 26 heavy (non-hydrogen) atoms. The normalized spacial score (nSPS) is 21.6. The van der Waals surface area contributed by atoms with Gasteiger partial charge in [0.1, 0.15) is 0 Å². The van der Waals surface area contributed by atoms with E-state index in [2.05, 4.69) is 0 Å². The van der Waals surface area contributed by atoms with Gasteiger partial charge in [-0.15, -0.1) is 0 Å². The van der Waals surface area contributed by atoms with Gasteiger partial charge in [-0.05, 0) is 49.9 Å². The van der Waals surface area contributed by atoms with Crippen molar-refractivity contribution in [3.8, 4) is 0 Å². The van der Waals surface area contributed by atoms with Crippen LogP contribution in [0.15, 0.2) is 59.5 Å². The van der Waals surface area contributed by atoms with Crippen LogP contribution < -0.4 is 4.90 Å². The third-order valence-electron chi connectivity index (χ3n) is 5.79. The minimum absolute atomic E-state index is 0.0247. The maximum Gasteiger partial charge on any atom is 0.249 e. The molecule has 1 heterocycles. The number of sulfone groups is 1. The molecule has 4 rings (SSSR count). The lowest BCUT2D eigenvalue weighted by Crippen LogP contribution is -2.54. The number of hydrogen-bond donors (Lipinski definition) is 0. The van der Waals surface area contributed by atoms with E-state index in [-0.39, 0.29) is 16.8 Å². The molecule has 1 fully saturated rings. The summed E-state index contributed by atoms with van der Waals surface area (Å²) in [6, 6.07) is 16.2. The molecule has 2 aliphatic rings. The number of amides is 1. The first-order valence-electron chi connectivity index (χ1n) is 9.19. The number of carbonyl (C=O) groups excluding carboxylic acids is 1. The molecule has 1 aliphatic carbocycles. The van der Waals surface area contributed by atoms with Crippen molar-refractivity contribution >= 4 is 21.4 Å². The summed E-state index contributed by atoms with van der Waals surface area (Å²) in [7, 11) is -3.75. The molecule has 1 unspecified atom stereocenters. The second-order valence-corrected chi connectivity index (χ2v) is 9.63. The number of anilines is 1. The zero-order valence-corrected chi connectivity index (χ0v) is 15.7. The monoisotopic (exact) mass is 369 g/mol. The van der Waals surface area contributed by atoms with Crippen LogP contribution in [0.3, 0.4) is 0 Å². The average Bonchev–Trinajstić information content (AvgIpc) is 3.27. The topological polar surface area (TPSA) is 54.5 Å². The van der Waals surface area contributed by atoms with Crippen LogP contribution in [-0.4, -0.2) is 25.1 Å². The summed E-state index contributed by atoms with van der Waals surface area (Å²) in [4.78, 5) is 15.7. The van der Waals surface area contributed by atoms with Gasteiger partial charge in [-0.25, -0.2) is 8.42 Å². The van der Waals surface area contributed by atoms with Crippen molar-refractivity contribution in [2.45, 2.75) is 54.7 Å². The van der Waals surface area contributed by atoms with E-state index in [1.807, 2.05) is 31.2 Å². The molecule has 1 saturated carbocycles. The van der Waals surface area contributed by atoms with Crippen molar-refractivity contribution in [2.75, 3.05) is 4.90 Å². The number of nitrogens with zero attached hydrogens (tertiary/aromatic N) is 1. The number of rotatable bonds is 3. The molecular weight excluding hydrogens is 346 g/mol. The van der Waals surface area contributed by atoms with E-state index in [9.17, 15) is 13.2 Å². The summed E-state index contributed by atoms with van der Waals surface area (Å²) < 4.78 is 25.7. The fourth-order valence-electron chi connectivity index (χ4n) is 4.46. The van der Waals surface area contributed by atoms with Crippen LogP contribution in [-0.2, 0) is 21.1 Å². The Morgan fingerprint density at radius 1 is 1.00 bits per heavy atom. The molecule has 0 radical (unpaired) electrons. The minimum atomic E-state index is -3.75. The van der Waals surface area contributed by atoms with Crippen LogP contribution in [0, 0.1) is 0 Å². The molecule has 1 amide bonds. The first-order chi connectivity index (χ1) is 12.5. The molecule has 5 heteroatoms. The van der Waals surface area contributed by atoms with Gasteiger partial charge in [0.25, 0.3) is 0 Å². The summed E-state index contributed by atoms with van der Waals surface area (Å²) >= 11 is 0. The molecule has 2 aromatic carbocycles. The molecule has 0 saturated heterocycles. The van der Waals surface area contributed by atoms with E-state index in [1.165, 1.54) is 0 Å². The largest absolute Gasteiger partial charge is 0.308 e. The lowest BCUT2D eigenvalue weighted by molar-refractivity contribution is -0.121. The lowest BCUT2D eigenvalue weighted by atomic mass is 10.0. The lowest BCUT2D eigenvalue weighted by Gasteiger charge is -2.34. The van der Waals surface area contributed by atoms with Crippen LogP contribution >= 0.6 is 0 Å². The molecule has 1 aliphatic heterocycles. The van der Waals surface area contributed by atoms with Crippen LogP contribution in [0.1, 0.15) is 38.2 Å². The standard InChI is InChI=1S/C21H23NO3S/c1-16-15-17-9-5-6-12-19(17)22(16)20(23)21(13-7-8-14-21)26(24,25)18-10-3-2-4-11-18/h2-6,9-12,16H,7-8,13-15H2,1H3. The second kappa shape index (κ2) is 6.23. The van der Waals surface area contributed by atoms with Gasteiger partial charge in [0.05, 0.1) is 4.90 Å². The maximum atomic E-state index is 13.7. The summed E-state index contributed by atoms with van der Waals surface area (Å²) in [5.74, 6) is -0.253. The van der Waals surface area contributed by atoms with Gasteiger partial charge >= 0.3 is 0 Å². The Bertz CT molecular complexity index is 931. The first kappa shape index (κ1) is 17.3. The fraction of sp³-hybridized carbons (Fsp3) is 0.381. The Labute approximate surface area is 154 Å². The third kappa shape index (κ3) is 2.41. The van der Waals surface area contributed by atoms with Crippen molar-refractivity contribution in [2.24, 2.45) is 0 Å². The van der Waals surface area contributed by atoms with Gasteiger partial charge in [0.2, 0.25) is 5.91 Å². The Morgan fingerprint density at radius 3 is 2.31 bits per heavy atom. The number of para-hydroxylation sites is 1. The van der Waals surface area contributed by atoms with Gasteiger partial charge in [-0.2, -0.15) is 0 Å². The molecule has 136 valence electrons. The summed E-state index contributed by atoms with van der Waals surface area (Å²) in [5, 5.41) is 0. The number of carbonyl (C=O) groups is 1.